The van der Waals surface area contributed by atoms with Crippen molar-refractivity contribution < 1.29 is 28.2 Å². The summed E-state index contributed by atoms with van der Waals surface area (Å²) in [5, 5.41) is 8.64. The van der Waals surface area contributed by atoms with E-state index in [1.807, 2.05) is 6.07 Å². The molecule has 1 aliphatic carbocycles. The minimum atomic E-state index is -0.416. The number of furan rings is 1. The van der Waals surface area contributed by atoms with Gasteiger partial charge in [0, 0.05) is 12.5 Å². The van der Waals surface area contributed by atoms with Crippen molar-refractivity contribution in [2.24, 2.45) is 0 Å². The molecule has 1 unspecified atom stereocenters. The first-order valence-electron chi connectivity index (χ1n) is 12.2. The Balaban J connectivity index is 1.75. The lowest BCUT2D eigenvalue weighted by Crippen LogP contribution is -2.30. The summed E-state index contributed by atoms with van der Waals surface area (Å²) >= 11 is 0. The fraction of sp³-hybridized carbons (Fsp3) is 0.321. The smallest absolute Gasteiger partial charge is 0.239 e. The predicted octanol–water partition coefficient (Wildman–Crippen LogP) is 3.18. The molecule has 1 heterocycles. The molecule has 0 spiro atoms. The average Bonchev–Trinajstić information content (AvgIpc) is 3.32. The van der Waals surface area contributed by atoms with Gasteiger partial charge in [0.1, 0.15) is 5.76 Å². The fourth-order valence-corrected chi connectivity index (χ4v) is 4.69. The van der Waals surface area contributed by atoms with E-state index in [0.717, 1.165) is 11.1 Å². The summed E-state index contributed by atoms with van der Waals surface area (Å²) in [6.45, 7) is 1.58. The van der Waals surface area contributed by atoms with Gasteiger partial charge in [0.05, 0.1) is 52.4 Å². The van der Waals surface area contributed by atoms with Crippen LogP contribution in [0.15, 0.2) is 51.9 Å². The highest BCUT2D eigenvalue weighted by molar-refractivity contribution is 5.84. The van der Waals surface area contributed by atoms with Gasteiger partial charge in [0.25, 0.3) is 0 Å². The molecule has 2 aromatic carbocycles. The van der Waals surface area contributed by atoms with Crippen LogP contribution in [0.3, 0.4) is 0 Å². The molecule has 0 saturated carbocycles. The second kappa shape index (κ2) is 11.7. The zero-order valence-electron chi connectivity index (χ0n) is 21.8. The van der Waals surface area contributed by atoms with Gasteiger partial charge in [-0.2, -0.15) is 0 Å². The Morgan fingerprint density at radius 2 is 1.84 bits per heavy atom. The number of ether oxygens (including phenoxy) is 3. The molecule has 2 amide bonds. The third-order valence-electron chi connectivity index (χ3n) is 6.40. The molecular formula is C28H31N3O7. The quantitative estimate of drug-likeness (QED) is 0.392. The molecule has 38 heavy (non-hydrogen) atoms. The number of nitrogens with one attached hydrogen (secondary N) is 3. The van der Waals surface area contributed by atoms with E-state index in [4.69, 9.17) is 18.6 Å². The van der Waals surface area contributed by atoms with E-state index in [1.54, 1.807) is 38.5 Å². The van der Waals surface area contributed by atoms with Gasteiger partial charge in [-0.3, -0.25) is 14.4 Å². The number of rotatable bonds is 9. The van der Waals surface area contributed by atoms with Gasteiger partial charge in [-0.25, -0.2) is 0 Å². The van der Waals surface area contributed by atoms with E-state index in [0.29, 0.717) is 47.0 Å². The number of anilines is 1. The third-order valence-corrected chi connectivity index (χ3v) is 6.40. The molecule has 0 bridgehead atoms. The lowest BCUT2D eigenvalue weighted by atomic mass is 9.95. The van der Waals surface area contributed by atoms with Gasteiger partial charge in [0.2, 0.25) is 23.0 Å². The Labute approximate surface area is 220 Å². The van der Waals surface area contributed by atoms with Crippen LogP contribution in [0.5, 0.6) is 17.2 Å². The van der Waals surface area contributed by atoms with Gasteiger partial charge in [-0.15, -0.1) is 0 Å². The number of aryl methyl sites for hydroxylation is 1. The summed E-state index contributed by atoms with van der Waals surface area (Å²) in [6, 6.07) is 9.92. The van der Waals surface area contributed by atoms with Gasteiger partial charge < -0.3 is 34.6 Å². The number of amides is 2. The monoisotopic (exact) mass is 521 g/mol. The van der Waals surface area contributed by atoms with E-state index in [2.05, 4.69) is 16.0 Å². The maximum Gasteiger partial charge on any atom is 0.239 e. The number of carbonyl (C=O) groups excluding carboxylic acids is 2. The number of benzene rings is 1. The number of fused-ring (bicyclic) bond motifs is 3. The van der Waals surface area contributed by atoms with E-state index < -0.39 is 6.04 Å². The van der Waals surface area contributed by atoms with Crippen molar-refractivity contribution in [1.82, 2.24) is 10.6 Å². The molecule has 10 nitrogen and oxygen atoms in total. The van der Waals surface area contributed by atoms with Crippen LogP contribution in [0.2, 0.25) is 0 Å². The Hall–Kier alpha value is -4.47. The molecule has 1 aliphatic rings. The summed E-state index contributed by atoms with van der Waals surface area (Å²) < 4.78 is 22.2. The third kappa shape index (κ3) is 5.59. The molecule has 0 aliphatic heterocycles. The number of hydrogen-bond acceptors (Lipinski definition) is 8. The van der Waals surface area contributed by atoms with Gasteiger partial charge in [-0.05, 0) is 59.9 Å². The van der Waals surface area contributed by atoms with Crippen LogP contribution in [-0.4, -0.2) is 39.7 Å². The topological polar surface area (TPSA) is 128 Å². The van der Waals surface area contributed by atoms with Gasteiger partial charge in [-0.1, -0.05) is 6.07 Å². The van der Waals surface area contributed by atoms with Crippen molar-refractivity contribution in [2.75, 3.05) is 33.2 Å². The van der Waals surface area contributed by atoms with Crippen molar-refractivity contribution in [3.63, 3.8) is 0 Å². The van der Waals surface area contributed by atoms with Crippen molar-refractivity contribution in [3.05, 3.63) is 69.8 Å². The normalized spacial score (nSPS) is 13.8. The van der Waals surface area contributed by atoms with E-state index >= 15 is 0 Å². The summed E-state index contributed by atoms with van der Waals surface area (Å²) in [6.07, 6.45) is 2.69. The van der Waals surface area contributed by atoms with Crippen LogP contribution in [0, 0.1) is 0 Å². The second-order valence-electron chi connectivity index (χ2n) is 8.81. The Morgan fingerprint density at radius 3 is 2.50 bits per heavy atom. The summed E-state index contributed by atoms with van der Waals surface area (Å²) in [5.41, 5.74) is 2.97. The van der Waals surface area contributed by atoms with Gasteiger partial charge >= 0.3 is 0 Å². The minimum Gasteiger partial charge on any atom is -0.493 e. The lowest BCUT2D eigenvalue weighted by Gasteiger charge is -2.19. The first-order chi connectivity index (χ1) is 18.4. The highest BCUT2D eigenvalue weighted by Crippen LogP contribution is 2.50. The Morgan fingerprint density at radius 1 is 1.05 bits per heavy atom. The second-order valence-corrected chi connectivity index (χ2v) is 8.81. The van der Waals surface area contributed by atoms with Crippen molar-refractivity contribution in [1.29, 1.82) is 0 Å². The van der Waals surface area contributed by atoms with Crippen molar-refractivity contribution >= 4 is 17.5 Å². The van der Waals surface area contributed by atoms with Crippen LogP contribution < -0.4 is 35.6 Å². The first kappa shape index (κ1) is 26.6. The SMILES string of the molecule is COc1cc2c(c(OC)c1OC)-c1ccc(NCC(=O)NCc3ccco3)c(=O)cc1C(NC(C)=O)CC2. The first-order valence-corrected chi connectivity index (χ1v) is 12.2. The van der Waals surface area contributed by atoms with Crippen LogP contribution >= 0.6 is 0 Å². The predicted molar refractivity (Wildman–Crippen MR) is 142 cm³/mol. The van der Waals surface area contributed by atoms with Crippen LogP contribution in [0.25, 0.3) is 11.1 Å². The number of methoxy groups -OCH3 is 3. The zero-order chi connectivity index (χ0) is 27.2. The molecule has 10 heteroatoms. The summed E-state index contributed by atoms with van der Waals surface area (Å²) in [7, 11) is 4.63. The average molecular weight is 522 g/mol. The standard InChI is InChI=1S/C28H31N3O7/c1-16(32)31-21-9-7-17-12-24(35-2)27(36-3)28(37-4)26(17)19-8-10-22(23(33)13-20(19)21)29-15-25(34)30-14-18-6-5-11-38-18/h5-6,8,10-13,21H,7,9,14-15H2,1-4H3,(H,29,33)(H,30,34)(H,31,32). The maximum absolute atomic E-state index is 13.3. The Bertz CT molecular complexity index is 1390. The van der Waals surface area contributed by atoms with E-state index in [1.165, 1.54) is 26.4 Å². The minimum absolute atomic E-state index is 0.106. The summed E-state index contributed by atoms with van der Waals surface area (Å²) in [5.74, 6) is 1.54. The van der Waals surface area contributed by atoms with Crippen LogP contribution in [-0.2, 0) is 22.6 Å². The highest BCUT2D eigenvalue weighted by atomic mass is 16.5. The lowest BCUT2D eigenvalue weighted by molar-refractivity contribution is -0.120. The molecule has 3 aromatic rings. The number of hydrogen-bond donors (Lipinski definition) is 3. The molecule has 1 aromatic heterocycles. The molecule has 0 saturated heterocycles. The van der Waals surface area contributed by atoms with Gasteiger partial charge in [0.15, 0.2) is 11.5 Å². The highest BCUT2D eigenvalue weighted by Gasteiger charge is 2.29. The Kier molecular flexibility index (Phi) is 8.20. The molecule has 3 N–H and O–H groups in total. The molecule has 0 radical (unpaired) electrons. The molecular weight excluding hydrogens is 490 g/mol. The summed E-state index contributed by atoms with van der Waals surface area (Å²) in [4.78, 5) is 37.7. The number of carbonyl (C=O) groups is 2. The van der Waals surface area contributed by atoms with Crippen molar-refractivity contribution in [2.45, 2.75) is 32.4 Å². The molecule has 200 valence electrons. The largest absolute Gasteiger partial charge is 0.493 e. The van der Waals surface area contributed by atoms with E-state index in [9.17, 15) is 14.4 Å². The van der Waals surface area contributed by atoms with Crippen LogP contribution in [0.1, 0.15) is 36.3 Å². The maximum atomic E-state index is 13.3. The van der Waals surface area contributed by atoms with E-state index in [-0.39, 0.29) is 36.0 Å². The van der Waals surface area contributed by atoms with Crippen LogP contribution in [0.4, 0.5) is 5.69 Å². The zero-order valence-corrected chi connectivity index (χ0v) is 21.8. The fourth-order valence-electron chi connectivity index (χ4n) is 4.69. The molecule has 1 atom stereocenters. The molecule has 0 fully saturated rings. The van der Waals surface area contributed by atoms with Crippen molar-refractivity contribution in [3.8, 4) is 28.4 Å². The molecule has 4 rings (SSSR count).